The molecule has 0 aliphatic carbocycles. The van der Waals surface area contributed by atoms with E-state index in [2.05, 4.69) is 58.7 Å². The lowest BCUT2D eigenvalue weighted by atomic mass is 10.1. The first-order chi connectivity index (χ1) is 16.0. The molecule has 0 bridgehead atoms. The third-order valence-corrected chi connectivity index (χ3v) is 5.60. The van der Waals surface area contributed by atoms with Crippen LogP contribution in [0.2, 0.25) is 0 Å². The number of nitrogens with zero attached hydrogens (tertiary/aromatic N) is 4. The number of rotatable bonds is 9. The lowest BCUT2D eigenvalue weighted by molar-refractivity contribution is 0.132. The normalized spacial score (nSPS) is 13.3. The van der Waals surface area contributed by atoms with Crippen LogP contribution in [0.5, 0.6) is 0 Å². The monoisotopic (exact) mass is 446 g/mol. The second-order valence-corrected chi connectivity index (χ2v) is 8.41. The predicted molar refractivity (Wildman–Crippen MR) is 131 cm³/mol. The van der Waals surface area contributed by atoms with Crippen LogP contribution >= 0.6 is 0 Å². The van der Waals surface area contributed by atoms with E-state index in [1.807, 2.05) is 28.8 Å². The van der Waals surface area contributed by atoms with E-state index in [9.17, 15) is 10.2 Å². The Morgan fingerprint density at radius 1 is 1.03 bits per heavy atom. The number of fused-ring (bicyclic) bond motifs is 1. The number of anilines is 2. The van der Waals surface area contributed by atoms with Crippen LogP contribution in [0, 0.1) is 0 Å². The molecule has 0 aliphatic rings. The summed E-state index contributed by atoms with van der Waals surface area (Å²) in [7, 11) is 0. The molecule has 0 amide bonds. The van der Waals surface area contributed by atoms with E-state index in [4.69, 9.17) is 4.98 Å². The van der Waals surface area contributed by atoms with Crippen LogP contribution in [0.1, 0.15) is 32.4 Å². The van der Waals surface area contributed by atoms with Crippen LogP contribution in [0.3, 0.4) is 0 Å². The summed E-state index contributed by atoms with van der Waals surface area (Å²) in [6.45, 7) is 6.19. The van der Waals surface area contributed by atoms with Crippen molar-refractivity contribution in [3.05, 3.63) is 66.6 Å². The Hall–Kier alpha value is -3.49. The minimum Gasteiger partial charge on any atom is -0.394 e. The standard InChI is InChI=1S/C25H30N6O2/c1-16(2)31-15-28-24-21(12-23(30-25(24)31)29-22(14-32)17(3)33)27-13-18-7-9-19(10-8-18)20-6-4-5-11-26-20/h4-12,15-17,22,32-33H,13-14H2,1-3H3,(H2,27,29,30)/t17-,22+/m1/s1. The fourth-order valence-electron chi connectivity index (χ4n) is 3.63. The van der Waals surface area contributed by atoms with E-state index in [1.54, 1.807) is 19.4 Å². The molecule has 0 saturated heterocycles. The summed E-state index contributed by atoms with van der Waals surface area (Å²) >= 11 is 0. The van der Waals surface area contributed by atoms with Crippen molar-refractivity contribution in [1.82, 2.24) is 19.5 Å². The van der Waals surface area contributed by atoms with Crippen LogP contribution in [0.15, 0.2) is 61.1 Å². The third-order valence-electron chi connectivity index (χ3n) is 5.60. The Kier molecular flexibility index (Phi) is 6.86. The van der Waals surface area contributed by atoms with Crippen molar-refractivity contribution >= 4 is 22.7 Å². The zero-order chi connectivity index (χ0) is 23.4. The summed E-state index contributed by atoms with van der Waals surface area (Å²) in [4.78, 5) is 13.7. The predicted octanol–water partition coefficient (Wildman–Crippen LogP) is 3.84. The van der Waals surface area contributed by atoms with Crippen LogP contribution in [-0.2, 0) is 6.54 Å². The van der Waals surface area contributed by atoms with Crippen molar-refractivity contribution in [2.75, 3.05) is 17.2 Å². The number of nitrogens with one attached hydrogen (secondary N) is 2. The molecule has 0 radical (unpaired) electrons. The average molecular weight is 447 g/mol. The Bertz CT molecular complexity index is 1190. The molecule has 172 valence electrons. The van der Waals surface area contributed by atoms with Crippen molar-refractivity contribution in [3.63, 3.8) is 0 Å². The minimum absolute atomic E-state index is 0.190. The van der Waals surface area contributed by atoms with E-state index in [-0.39, 0.29) is 12.6 Å². The summed E-state index contributed by atoms with van der Waals surface area (Å²) < 4.78 is 2.00. The van der Waals surface area contributed by atoms with Gasteiger partial charge in [0.2, 0.25) is 0 Å². The number of aromatic nitrogens is 4. The molecular weight excluding hydrogens is 416 g/mol. The highest BCUT2D eigenvalue weighted by Crippen LogP contribution is 2.27. The van der Waals surface area contributed by atoms with Gasteiger partial charge >= 0.3 is 0 Å². The number of hydrogen-bond acceptors (Lipinski definition) is 7. The molecule has 0 fully saturated rings. The SMILES string of the molecule is CC(C)n1cnc2c(NCc3ccc(-c4ccccn4)cc3)cc(N[C@@H](CO)[C@@H](C)O)nc21. The summed E-state index contributed by atoms with van der Waals surface area (Å²) in [6.07, 6.45) is 2.86. The molecule has 3 aromatic heterocycles. The smallest absolute Gasteiger partial charge is 0.164 e. The van der Waals surface area contributed by atoms with Crippen LogP contribution in [0.4, 0.5) is 11.5 Å². The molecule has 8 heteroatoms. The molecule has 2 atom stereocenters. The van der Waals surface area contributed by atoms with E-state index in [0.29, 0.717) is 12.4 Å². The molecule has 0 saturated carbocycles. The number of benzene rings is 1. The number of aliphatic hydroxyl groups is 2. The van der Waals surface area contributed by atoms with Gasteiger partial charge in [0.15, 0.2) is 5.65 Å². The second kappa shape index (κ2) is 9.97. The van der Waals surface area contributed by atoms with Crippen LogP contribution in [-0.4, -0.2) is 48.5 Å². The molecular formula is C25H30N6O2. The van der Waals surface area contributed by atoms with Gasteiger partial charge in [-0.05, 0) is 38.5 Å². The van der Waals surface area contributed by atoms with E-state index in [0.717, 1.165) is 33.7 Å². The second-order valence-electron chi connectivity index (χ2n) is 8.41. The topological polar surface area (TPSA) is 108 Å². The number of aliphatic hydroxyl groups excluding tert-OH is 2. The van der Waals surface area contributed by atoms with Gasteiger partial charge in [0.1, 0.15) is 11.3 Å². The van der Waals surface area contributed by atoms with E-state index >= 15 is 0 Å². The molecule has 1 aromatic carbocycles. The molecule has 4 rings (SSSR count). The first kappa shape index (κ1) is 22.7. The van der Waals surface area contributed by atoms with Crippen molar-refractivity contribution in [1.29, 1.82) is 0 Å². The number of hydrogen-bond donors (Lipinski definition) is 4. The Balaban J connectivity index is 1.59. The minimum atomic E-state index is -0.725. The van der Waals surface area contributed by atoms with E-state index < -0.39 is 12.1 Å². The van der Waals surface area contributed by atoms with Crippen molar-refractivity contribution in [2.45, 2.75) is 45.5 Å². The lowest BCUT2D eigenvalue weighted by Gasteiger charge is -2.20. The first-order valence-corrected chi connectivity index (χ1v) is 11.1. The molecule has 3 heterocycles. The third kappa shape index (κ3) is 5.13. The fraction of sp³-hybridized carbons (Fsp3) is 0.320. The van der Waals surface area contributed by atoms with Gasteiger partial charge in [-0.3, -0.25) is 4.98 Å². The van der Waals surface area contributed by atoms with Gasteiger partial charge in [-0.2, -0.15) is 0 Å². The van der Waals surface area contributed by atoms with Crippen molar-refractivity contribution in [3.8, 4) is 11.3 Å². The molecule has 0 unspecified atom stereocenters. The average Bonchev–Trinajstić information content (AvgIpc) is 3.26. The van der Waals surface area contributed by atoms with E-state index in [1.165, 1.54) is 0 Å². The Labute approximate surface area is 193 Å². The zero-order valence-electron chi connectivity index (χ0n) is 19.1. The highest BCUT2D eigenvalue weighted by Gasteiger charge is 2.18. The number of pyridine rings is 2. The molecule has 4 aromatic rings. The van der Waals surface area contributed by atoms with Gasteiger partial charge in [0.25, 0.3) is 0 Å². The van der Waals surface area contributed by atoms with Gasteiger partial charge in [-0.25, -0.2) is 9.97 Å². The molecule has 33 heavy (non-hydrogen) atoms. The molecule has 0 aliphatic heterocycles. The van der Waals surface area contributed by atoms with Gasteiger partial charge in [-0.15, -0.1) is 0 Å². The Morgan fingerprint density at radius 3 is 2.45 bits per heavy atom. The first-order valence-electron chi connectivity index (χ1n) is 11.1. The lowest BCUT2D eigenvalue weighted by Crippen LogP contribution is -2.35. The quantitative estimate of drug-likeness (QED) is 0.309. The largest absolute Gasteiger partial charge is 0.394 e. The summed E-state index contributed by atoms with van der Waals surface area (Å²) in [5, 5.41) is 26.2. The van der Waals surface area contributed by atoms with Crippen molar-refractivity contribution in [2.24, 2.45) is 0 Å². The summed E-state index contributed by atoms with van der Waals surface area (Å²) in [5.74, 6) is 0.567. The van der Waals surface area contributed by atoms with Crippen LogP contribution < -0.4 is 10.6 Å². The maximum absolute atomic E-state index is 9.93. The Morgan fingerprint density at radius 2 is 1.82 bits per heavy atom. The van der Waals surface area contributed by atoms with Gasteiger partial charge < -0.3 is 25.4 Å². The fourth-order valence-corrected chi connectivity index (χ4v) is 3.63. The highest BCUT2D eigenvalue weighted by molar-refractivity contribution is 5.88. The molecule has 0 spiro atoms. The zero-order valence-corrected chi connectivity index (χ0v) is 19.1. The van der Waals surface area contributed by atoms with Gasteiger partial charge in [0.05, 0.1) is 36.5 Å². The molecule has 4 N–H and O–H groups in total. The van der Waals surface area contributed by atoms with Crippen LogP contribution in [0.25, 0.3) is 22.4 Å². The van der Waals surface area contributed by atoms with Crippen molar-refractivity contribution < 1.29 is 10.2 Å². The maximum atomic E-state index is 9.93. The molecule has 8 nitrogen and oxygen atoms in total. The maximum Gasteiger partial charge on any atom is 0.164 e. The highest BCUT2D eigenvalue weighted by atomic mass is 16.3. The summed E-state index contributed by atoms with van der Waals surface area (Å²) in [5.41, 5.74) is 5.48. The number of imidazole rings is 1. The van der Waals surface area contributed by atoms with Gasteiger partial charge in [-0.1, -0.05) is 30.3 Å². The summed E-state index contributed by atoms with van der Waals surface area (Å²) in [6, 6.07) is 15.7. The van der Waals surface area contributed by atoms with Gasteiger partial charge in [0, 0.05) is 30.4 Å².